The van der Waals surface area contributed by atoms with Crippen molar-refractivity contribution in [3.63, 3.8) is 0 Å². The lowest BCUT2D eigenvalue weighted by Gasteiger charge is -2.33. The molecule has 4 nitrogen and oxygen atoms in total. The number of likely N-dealkylation sites (tertiary alicyclic amines) is 1. The zero-order chi connectivity index (χ0) is 21.4. The van der Waals surface area contributed by atoms with Crippen LogP contribution in [0.2, 0.25) is 0 Å². The monoisotopic (exact) mass is 411 g/mol. The Kier molecular flexibility index (Phi) is 6.07. The van der Waals surface area contributed by atoms with E-state index in [1.807, 2.05) is 52.0 Å². The fraction of sp³-hybridized carbons (Fsp3) is 0.667. The van der Waals surface area contributed by atoms with Gasteiger partial charge in [0.15, 0.2) is 0 Å². The van der Waals surface area contributed by atoms with E-state index in [4.69, 9.17) is 9.31 Å². The van der Waals surface area contributed by atoms with Gasteiger partial charge in [0.1, 0.15) is 0 Å². The summed E-state index contributed by atoms with van der Waals surface area (Å²) in [7, 11) is -0.506. The van der Waals surface area contributed by atoms with Gasteiger partial charge < -0.3 is 14.2 Å². The number of amides is 1. The van der Waals surface area contributed by atoms with Gasteiger partial charge in [-0.05, 0) is 58.0 Å². The highest BCUT2D eigenvalue weighted by Gasteiger charge is 2.52. The summed E-state index contributed by atoms with van der Waals surface area (Å²) in [6.45, 7) is 8.30. The number of nitrogens with zero attached hydrogens (tertiary/aromatic N) is 1. The summed E-state index contributed by atoms with van der Waals surface area (Å²) in [5.41, 5.74) is 0.951. The Balaban J connectivity index is 1.61. The Morgan fingerprint density at radius 3 is 2.21 bits per heavy atom. The van der Waals surface area contributed by atoms with Crippen molar-refractivity contribution in [3.8, 4) is 0 Å². The van der Waals surface area contributed by atoms with Crippen LogP contribution >= 0.6 is 0 Å². The number of hydrogen-bond donors (Lipinski definition) is 0. The minimum atomic E-state index is -4.17. The van der Waals surface area contributed by atoms with Crippen molar-refractivity contribution in [2.75, 3.05) is 13.1 Å². The Morgan fingerprint density at radius 2 is 1.66 bits per heavy atom. The third-order valence-corrected chi connectivity index (χ3v) is 6.48. The Bertz CT molecular complexity index is 727. The average molecular weight is 411 g/mol. The van der Waals surface area contributed by atoms with Gasteiger partial charge in [0.25, 0.3) is 0 Å². The predicted octanol–water partition coefficient (Wildman–Crippen LogP) is 3.72. The molecule has 2 aliphatic rings. The lowest BCUT2D eigenvalue weighted by atomic mass is 9.75. The minimum Gasteiger partial charge on any atom is -0.399 e. The third kappa shape index (κ3) is 4.80. The first-order valence-electron chi connectivity index (χ1n) is 10.2. The van der Waals surface area contributed by atoms with E-state index in [1.54, 1.807) is 4.90 Å². The minimum absolute atomic E-state index is 0.0141. The van der Waals surface area contributed by atoms with Crippen LogP contribution in [-0.2, 0) is 20.5 Å². The number of carbonyl (C=O) groups is 1. The molecule has 8 heteroatoms. The summed E-state index contributed by atoms with van der Waals surface area (Å²) >= 11 is 0. The molecule has 0 aromatic heterocycles. The number of alkyl halides is 3. The lowest BCUT2D eigenvalue weighted by Crippen LogP contribution is -2.42. The van der Waals surface area contributed by atoms with Crippen LogP contribution in [0.3, 0.4) is 0 Å². The molecule has 0 saturated carbocycles. The van der Waals surface area contributed by atoms with Crippen molar-refractivity contribution >= 4 is 18.5 Å². The molecule has 1 aromatic carbocycles. The van der Waals surface area contributed by atoms with E-state index in [2.05, 4.69) is 0 Å². The molecule has 2 saturated heterocycles. The van der Waals surface area contributed by atoms with Gasteiger partial charge in [-0.1, -0.05) is 24.3 Å². The second kappa shape index (κ2) is 7.95. The first-order valence-corrected chi connectivity index (χ1v) is 10.2. The van der Waals surface area contributed by atoms with Crippen LogP contribution in [0.25, 0.3) is 0 Å². The van der Waals surface area contributed by atoms with Crippen LogP contribution in [0.5, 0.6) is 0 Å². The molecule has 2 heterocycles. The Hall–Kier alpha value is -1.54. The summed E-state index contributed by atoms with van der Waals surface area (Å²) < 4.78 is 50.7. The SMILES string of the molecule is CC1(C)OB(c2ccccc2CCC(=O)N2CCC(C(F)(F)F)CC2)OC1(C)C. The highest BCUT2D eigenvalue weighted by atomic mass is 19.4. The zero-order valence-corrected chi connectivity index (χ0v) is 17.5. The topological polar surface area (TPSA) is 38.8 Å². The van der Waals surface area contributed by atoms with Gasteiger partial charge in [-0.3, -0.25) is 4.79 Å². The number of hydrogen-bond acceptors (Lipinski definition) is 3. The number of halogens is 3. The van der Waals surface area contributed by atoms with Crippen LogP contribution in [-0.4, -0.2) is 48.4 Å². The average Bonchev–Trinajstić information content (AvgIpc) is 2.86. The summed E-state index contributed by atoms with van der Waals surface area (Å²) in [6, 6.07) is 7.71. The molecule has 0 aliphatic carbocycles. The summed E-state index contributed by atoms with van der Waals surface area (Å²) in [5.74, 6) is -1.40. The second-order valence-corrected chi connectivity index (χ2v) is 8.98. The number of benzene rings is 1. The number of rotatable bonds is 4. The first-order chi connectivity index (χ1) is 13.4. The zero-order valence-electron chi connectivity index (χ0n) is 17.5. The molecule has 1 aromatic rings. The molecule has 2 fully saturated rings. The van der Waals surface area contributed by atoms with Crippen LogP contribution in [0.4, 0.5) is 13.2 Å². The molecule has 0 N–H and O–H groups in total. The van der Waals surface area contributed by atoms with E-state index in [9.17, 15) is 18.0 Å². The van der Waals surface area contributed by atoms with E-state index in [1.165, 1.54) is 0 Å². The molecule has 160 valence electrons. The highest BCUT2D eigenvalue weighted by molar-refractivity contribution is 6.62. The first kappa shape index (κ1) is 22.2. The number of carbonyl (C=O) groups excluding carboxylic acids is 1. The second-order valence-electron chi connectivity index (χ2n) is 8.98. The van der Waals surface area contributed by atoms with Crippen molar-refractivity contribution in [2.24, 2.45) is 5.92 Å². The molecule has 0 atom stereocenters. The van der Waals surface area contributed by atoms with Gasteiger partial charge in [0.05, 0.1) is 17.1 Å². The summed E-state index contributed by atoms with van der Waals surface area (Å²) in [6.07, 6.45) is -3.44. The number of aryl methyl sites for hydroxylation is 1. The Labute approximate surface area is 170 Å². The van der Waals surface area contributed by atoms with Crippen LogP contribution < -0.4 is 5.46 Å². The van der Waals surface area contributed by atoms with Gasteiger partial charge in [0.2, 0.25) is 5.91 Å². The van der Waals surface area contributed by atoms with Gasteiger partial charge in [-0.15, -0.1) is 0 Å². The van der Waals surface area contributed by atoms with Crippen molar-refractivity contribution in [1.82, 2.24) is 4.90 Å². The van der Waals surface area contributed by atoms with Gasteiger partial charge in [-0.25, -0.2) is 0 Å². The van der Waals surface area contributed by atoms with Crippen LogP contribution in [0.15, 0.2) is 24.3 Å². The fourth-order valence-corrected chi connectivity index (χ4v) is 3.82. The molecule has 0 unspecified atom stereocenters. The predicted molar refractivity (Wildman–Crippen MR) is 106 cm³/mol. The van der Waals surface area contributed by atoms with Crippen molar-refractivity contribution in [2.45, 2.75) is 70.8 Å². The fourth-order valence-electron chi connectivity index (χ4n) is 3.82. The summed E-state index contributed by atoms with van der Waals surface area (Å²) in [5, 5.41) is 0. The quantitative estimate of drug-likeness (QED) is 0.710. The Morgan fingerprint density at radius 1 is 1.10 bits per heavy atom. The van der Waals surface area contributed by atoms with Crippen molar-refractivity contribution in [3.05, 3.63) is 29.8 Å². The van der Waals surface area contributed by atoms with Gasteiger partial charge in [-0.2, -0.15) is 13.2 Å². The van der Waals surface area contributed by atoms with Gasteiger partial charge in [0, 0.05) is 19.5 Å². The maximum atomic E-state index is 12.8. The normalized spacial score (nSPS) is 22.2. The molecule has 0 bridgehead atoms. The highest BCUT2D eigenvalue weighted by Crippen LogP contribution is 2.37. The third-order valence-electron chi connectivity index (χ3n) is 6.48. The standard InChI is InChI=1S/C21H29BF3NO3/c1-19(2)20(3,4)29-22(28-19)17-8-6-5-7-15(17)9-10-18(27)26-13-11-16(12-14-26)21(23,24)25/h5-8,16H,9-14H2,1-4H3. The van der Waals surface area contributed by atoms with Crippen molar-refractivity contribution in [1.29, 1.82) is 0 Å². The molecule has 2 aliphatic heterocycles. The van der Waals surface area contributed by atoms with Crippen LogP contribution in [0.1, 0.15) is 52.5 Å². The smallest absolute Gasteiger partial charge is 0.399 e. The van der Waals surface area contributed by atoms with E-state index in [-0.39, 0.29) is 38.3 Å². The number of piperidine rings is 1. The molecule has 0 radical (unpaired) electrons. The van der Waals surface area contributed by atoms with E-state index >= 15 is 0 Å². The molecular weight excluding hydrogens is 382 g/mol. The molecule has 0 spiro atoms. The maximum absolute atomic E-state index is 12.8. The molecule has 29 heavy (non-hydrogen) atoms. The van der Waals surface area contributed by atoms with E-state index < -0.39 is 30.4 Å². The van der Waals surface area contributed by atoms with E-state index in [0.29, 0.717) is 6.42 Å². The van der Waals surface area contributed by atoms with E-state index in [0.717, 1.165) is 11.0 Å². The summed E-state index contributed by atoms with van der Waals surface area (Å²) in [4.78, 5) is 14.1. The largest absolute Gasteiger partial charge is 0.495 e. The van der Waals surface area contributed by atoms with Crippen LogP contribution in [0, 0.1) is 5.92 Å². The molecule has 3 rings (SSSR count). The lowest BCUT2D eigenvalue weighted by molar-refractivity contribution is -0.186. The maximum Gasteiger partial charge on any atom is 0.495 e. The molecular formula is C21H29BF3NO3. The van der Waals surface area contributed by atoms with Crippen molar-refractivity contribution < 1.29 is 27.3 Å². The van der Waals surface area contributed by atoms with Gasteiger partial charge >= 0.3 is 13.3 Å². The molecule has 1 amide bonds.